The molecule has 2 unspecified atom stereocenters. The lowest BCUT2D eigenvalue weighted by Crippen LogP contribution is -2.37. The van der Waals surface area contributed by atoms with Crippen LogP contribution in [-0.2, 0) is 10.8 Å². The minimum Gasteiger partial charge on any atom is -0.296 e. The maximum Gasteiger partial charge on any atom is 0.206 e. The van der Waals surface area contributed by atoms with Crippen molar-refractivity contribution in [3.63, 3.8) is 0 Å². The molecule has 4 rings (SSSR count). The summed E-state index contributed by atoms with van der Waals surface area (Å²) in [5.74, 6) is 0.725. The molecule has 2 heterocycles. The SMILES string of the molecule is O=S(c1nccn1-c1ccccn1)C(NC1CCCCC1)c1ccccc1. The fraction of sp³-hybridized carbons (Fsp3) is 0.333. The highest BCUT2D eigenvalue weighted by molar-refractivity contribution is 7.85. The Morgan fingerprint density at radius 3 is 2.48 bits per heavy atom. The lowest BCUT2D eigenvalue weighted by Gasteiger charge is -2.28. The fourth-order valence-corrected chi connectivity index (χ4v) is 5.05. The molecule has 0 spiro atoms. The molecule has 0 aliphatic heterocycles. The van der Waals surface area contributed by atoms with Crippen LogP contribution in [0.2, 0.25) is 0 Å². The van der Waals surface area contributed by atoms with Crippen molar-refractivity contribution in [2.75, 3.05) is 0 Å². The van der Waals surface area contributed by atoms with E-state index in [1.54, 1.807) is 12.4 Å². The molecule has 0 bridgehead atoms. The summed E-state index contributed by atoms with van der Waals surface area (Å²) >= 11 is 0. The van der Waals surface area contributed by atoms with Crippen molar-refractivity contribution < 1.29 is 4.21 Å². The number of hydrogen-bond acceptors (Lipinski definition) is 4. The van der Waals surface area contributed by atoms with Crippen LogP contribution in [0.4, 0.5) is 0 Å². The predicted octanol–water partition coefficient (Wildman–Crippen LogP) is 4.00. The number of hydrogen-bond donors (Lipinski definition) is 1. The summed E-state index contributed by atoms with van der Waals surface area (Å²) < 4.78 is 15.4. The van der Waals surface area contributed by atoms with E-state index >= 15 is 0 Å². The topological polar surface area (TPSA) is 59.8 Å². The van der Waals surface area contributed by atoms with E-state index in [0.717, 1.165) is 24.2 Å². The third-order valence-electron chi connectivity index (χ3n) is 4.99. The zero-order valence-corrected chi connectivity index (χ0v) is 16.0. The molecular weight excluding hydrogens is 356 g/mol. The Morgan fingerprint density at radius 2 is 1.74 bits per heavy atom. The lowest BCUT2D eigenvalue weighted by atomic mass is 9.95. The van der Waals surface area contributed by atoms with E-state index in [9.17, 15) is 4.21 Å². The van der Waals surface area contributed by atoms with Gasteiger partial charge in [0.1, 0.15) is 22.0 Å². The van der Waals surface area contributed by atoms with E-state index < -0.39 is 10.8 Å². The Bertz CT molecular complexity index is 875. The standard InChI is InChI=1S/C21H24N4OS/c26-27(21-23-15-16-25(21)19-13-7-8-14-22-19)20(17-9-3-1-4-10-17)24-18-11-5-2-6-12-18/h1,3-4,7-10,13-16,18,20,24H,2,5-6,11-12H2. The van der Waals surface area contributed by atoms with Crippen molar-refractivity contribution in [1.29, 1.82) is 0 Å². The normalized spacial score (nSPS) is 17.5. The first kappa shape index (κ1) is 18.1. The van der Waals surface area contributed by atoms with E-state index in [4.69, 9.17) is 0 Å². The molecule has 0 saturated heterocycles. The highest BCUT2D eigenvalue weighted by atomic mass is 32.2. The number of rotatable bonds is 6. The summed E-state index contributed by atoms with van der Waals surface area (Å²) in [6, 6.07) is 16.1. The van der Waals surface area contributed by atoms with Crippen LogP contribution in [0.5, 0.6) is 0 Å². The second-order valence-corrected chi connectivity index (χ2v) is 8.29. The highest BCUT2D eigenvalue weighted by Gasteiger charge is 2.27. The molecule has 6 heteroatoms. The van der Waals surface area contributed by atoms with E-state index in [1.807, 2.05) is 59.3 Å². The van der Waals surface area contributed by atoms with Gasteiger partial charge in [0.05, 0.1) is 0 Å². The minimum atomic E-state index is -1.35. The van der Waals surface area contributed by atoms with Gasteiger partial charge in [-0.15, -0.1) is 0 Å². The average Bonchev–Trinajstić information content (AvgIpc) is 3.23. The smallest absolute Gasteiger partial charge is 0.206 e. The molecule has 27 heavy (non-hydrogen) atoms. The van der Waals surface area contributed by atoms with Crippen LogP contribution in [0.3, 0.4) is 0 Å². The summed E-state index contributed by atoms with van der Waals surface area (Å²) in [4.78, 5) is 8.79. The van der Waals surface area contributed by atoms with E-state index in [2.05, 4.69) is 15.3 Å². The Balaban J connectivity index is 1.66. The molecule has 0 amide bonds. The van der Waals surface area contributed by atoms with Crippen molar-refractivity contribution in [2.24, 2.45) is 0 Å². The van der Waals surface area contributed by atoms with Gasteiger partial charge in [-0.2, -0.15) is 0 Å². The monoisotopic (exact) mass is 380 g/mol. The Morgan fingerprint density at radius 1 is 0.963 bits per heavy atom. The lowest BCUT2D eigenvalue weighted by molar-refractivity contribution is 0.366. The quantitative estimate of drug-likeness (QED) is 0.702. The molecule has 3 aromatic rings. The van der Waals surface area contributed by atoms with Crippen LogP contribution in [0, 0.1) is 0 Å². The van der Waals surface area contributed by atoms with Gasteiger partial charge in [0, 0.05) is 24.6 Å². The zero-order valence-electron chi connectivity index (χ0n) is 15.2. The summed E-state index contributed by atoms with van der Waals surface area (Å²) in [6.45, 7) is 0. The number of pyridine rings is 1. The molecule has 0 radical (unpaired) electrons. The molecule has 5 nitrogen and oxygen atoms in total. The van der Waals surface area contributed by atoms with Crippen LogP contribution in [0.15, 0.2) is 72.3 Å². The number of nitrogens with one attached hydrogen (secondary N) is 1. The first-order valence-electron chi connectivity index (χ1n) is 9.49. The number of aromatic nitrogens is 3. The maximum absolute atomic E-state index is 13.6. The third kappa shape index (κ3) is 4.17. The van der Waals surface area contributed by atoms with Crippen LogP contribution in [0.25, 0.3) is 5.82 Å². The molecule has 1 aromatic carbocycles. The van der Waals surface area contributed by atoms with Crippen molar-refractivity contribution in [1.82, 2.24) is 19.9 Å². The van der Waals surface area contributed by atoms with Crippen molar-refractivity contribution in [3.05, 3.63) is 72.7 Å². The predicted molar refractivity (Wildman–Crippen MR) is 107 cm³/mol. The third-order valence-corrected chi connectivity index (χ3v) is 6.49. The molecule has 1 N–H and O–H groups in total. The Kier molecular flexibility index (Phi) is 5.75. The average molecular weight is 381 g/mol. The summed E-state index contributed by atoms with van der Waals surface area (Å²) in [6.07, 6.45) is 11.3. The first-order chi connectivity index (χ1) is 13.3. The molecule has 1 fully saturated rings. The Labute approximate surface area is 162 Å². The largest absolute Gasteiger partial charge is 0.296 e. The van der Waals surface area contributed by atoms with Crippen LogP contribution in [-0.4, -0.2) is 24.8 Å². The van der Waals surface area contributed by atoms with Gasteiger partial charge in [-0.25, -0.2) is 14.2 Å². The number of imidazole rings is 1. The molecule has 2 atom stereocenters. The minimum absolute atomic E-state index is 0.292. The fourth-order valence-electron chi connectivity index (χ4n) is 3.61. The molecule has 1 saturated carbocycles. The maximum atomic E-state index is 13.6. The molecular formula is C21H24N4OS. The van der Waals surface area contributed by atoms with E-state index in [1.165, 1.54) is 19.3 Å². The van der Waals surface area contributed by atoms with E-state index in [-0.39, 0.29) is 5.37 Å². The summed E-state index contributed by atoms with van der Waals surface area (Å²) in [5.41, 5.74) is 1.02. The summed E-state index contributed by atoms with van der Waals surface area (Å²) in [5, 5.41) is 3.89. The zero-order chi connectivity index (χ0) is 18.5. The van der Waals surface area contributed by atoms with E-state index in [0.29, 0.717) is 11.2 Å². The Hall–Kier alpha value is -2.31. The van der Waals surface area contributed by atoms with Crippen molar-refractivity contribution >= 4 is 10.8 Å². The summed E-state index contributed by atoms with van der Waals surface area (Å²) in [7, 11) is -1.35. The molecule has 2 aromatic heterocycles. The number of benzene rings is 1. The van der Waals surface area contributed by atoms with Gasteiger partial charge in [0.2, 0.25) is 5.16 Å². The van der Waals surface area contributed by atoms with Crippen LogP contribution in [0.1, 0.15) is 43.0 Å². The van der Waals surface area contributed by atoms with Crippen LogP contribution >= 0.6 is 0 Å². The highest BCUT2D eigenvalue weighted by Crippen LogP contribution is 2.27. The number of nitrogens with zero attached hydrogens (tertiary/aromatic N) is 3. The van der Waals surface area contributed by atoms with Gasteiger partial charge in [-0.1, -0.05) is 55.7 Å². The van der Waals surface area contributed by atoms with Gasteiger partial charge in [-0.05, 0) is 30.5 Å². The van der Waals surface area contributed by atoms with Crippen LogP contribution < -0.4 is 5.32 Å². The van der Waals surface area contributed by atoms with Gasteiger partial charge < -0.3 is 0 Å². The van der Waals surface area contributed by atoms with Gasteiger partial charge >= 0.3 is 0 Å². The first-order valence-corrected chi connectivity index (χ1v) is 10.7. The van der Waals surface area contributed by atoms with Gasteiger partial charge in [0.15, 0.2) is 0 Å². The van der Waals surface area contributed by atoms with Crippen molar-refractivity contribution in [3.8, 4) is 5.82 Å². The molecule has 1 aliphatic carbocycles. The molecule has 140 valence electrons. The van der Waals surface area contributed by atoms with Gasteiger partial charge in [0.25, 0.3) is 0 Å². The van der Waals surface area contributed by atoms with Crippen molar-refractivity contribution in [2.45, 2.75) is 48.7 Å². The van der Waals surface area contributed by atoms with Gasteiger partial charge in [-0.3, -0.25) is 9.88 Å². The molecule has 1 aliphatic rings. The second-order valence-electron chi connectivity index (χ2n) is 6.86. The second kappa shape index (κ2) is 8.59.